The van der Waals surface area contributed by atoms with Gasteiger partial charge in [-0.3, -0.25) is 0 Å². The molecule has 1 unspecified atom stereocenters. The summed E-state index contributed by atoms with van der Waals surface area (Å²) in [4.78, 5) is 0. The van der Waals surface area contributed by atoms with E-state index in [-0.39, 0.29) is 4.75 Å². The third kappa shape index (κ3) is 3.11. The van der Waals surface area contributed by atoms with Crippen LogP contribution < -0.4 is 0 Å². The highest BCUT2D eigenvalue weighted by Crippen LogP contribution is 2.22. The molecule has 0 amide bonds. The smallest absolute Gasteiger partial charge is 0.144 e. The van der Waals surface area contributed by atoms with Crippen molar-refractivity contribution in [1.29, 1.82) is 0 Å². The summed E-state index contributed by atoms with van der Waals surface area (Å²) < 4.78 is 15.6. The third-order valence-corrected chi connectivity index (χ3v) is 4.29. The summed E-state index contributed by atoms with van der Waals surface area (Å²) in [6.45, 7) is 5.80. The molecular weight excluding hydrogens is 230 g/mol. The van der Waals surface area contributed by atoms with Gasteiger partial charge < -0.3 is 4.55 Å². The van der Waals surface area contributed by atoms with Crippen LogP contribution in [-0.2, 0) is 24.2 Å². The van der Waals surface area contributed by atoms with Gasteiger partial charge in [0.2, 0.25) is 0 Å². The second kappa shape index (κ2) is 4.83. The van der Waals surface area contributed by atoms with Crippen LogP contribution in [-0.4, -0.2) is 15.5 Å². The molecule has 3 heteroatoms. The highest BCUT2D eigenvalue weighted by molar-refractivity contribution is 7.91. The molecule has 0 spiro atoms. The number of nitrogens with zero attached hydrogens (tertiary/aromatic N) is 1. The molecule has 1 aliphatic rings. The molecular formula is C14H19NOS. The first-order valence-corrected chi connectivity index (χ1v) is 7.15. The van der Waals surface area contributed by atoms with Gasteiger partial charge in [-0.2, -0.15) is 0 Å². The molecule has 0 saturated heterocycles. The average molecular weight is 249 g/mol. The first-order chi connectivity index (χ1) is 7.97. The van der Waals surface area contributed by atoms with Crippen molar-refractivity contribution >= 4 is 17.6 Å². The molecule has 2 rings (SSSR count). The van der Waals surface area contributed by atoms with Crippen LogP contribution in [0.4, 0.5) is 0 Å². The van der Waals surface area contributed by atoms with E-state index in [4.69, 9.17) is 0 Å². The monoisotopic (exact) mass is 249 g/mol. The summed E-state index contributed by atoms with van der Waals surface area (Å²) in [5, 5.41) is 0. The highest BCUT2D eigenvalue weighted by atomic mass is 32.2. The minimum Gasteiger partial charge on any atom is -0.591 e. The molecule has 2 nitrogen and oxygen atoms in total. The lowest BCUT2D eigenvalue weighted by Crippen LogP contribution is -2.25. The lowest BCUT2D eigenvalue weighted by Gasteiger charge is -2.17. The van der Waals surface area contributed by atoms with E-state index in [9.17, 15) is 4.55 Å². The summed E-state index contributed by atoms with van der Waals surface area (Å²) in [6.07, 6.45) is 5.35. The Morgan fingerprint density at radius 1 is 1.24 bits per heavy atom. The Balaban J connectivity index is 2.12. The number of hydrogen-bond acceptors (Lipinski definition) is 2. The lowest BCUT2D eigenvalue weighted by atomic mass is 10.1. The molecule has 0 aromatic heterocycles. The van der Waals surface area contributed by atoms with Gasteiger partial charge in [-0.1, -0.05) is 16.5 Å². The number of hydrogen-bond donors (Lipinski definition) is 0. The number of rotatable bonds is 2. The molecule has 17 heavy (non-hydrogen) atoms. The summed E-state index contributed by atoms with van der Waals surface area (Å²) in [6, 6.07) is 6.41. The van der Waals surface area contributed by atoms with E-state index in [0.717, 1.165) is 5.56 Å². The second-order valence-corrected chi connectivity index (χ2v) is 7.41. The molecule has 92 valence electrons. The first kappa shape index (κ1) is 12.7. The number of fused-ring (bicyclic) bond motifs is 1. The SMILES string of the molecule is CC(C)(C)[S+]([O-])N=Cc1ccc2c(c1)CCC2. The van der Waals surface area contributed by atoms with E-state index >= 15 is 0 Å². The van der Waals surface area contributed by atoms with Gasteiger partial charge >= 0.3 is 0 Å². The largest absolute Gasteiger partial charge is 0.591 e. The zero-order chi connectivity index (χ0) is 12.5. The van der Waals surface area contributed by atoms with E-state index in [1.807, 2.05) is 20.8 Å². The maximum Gasteiger partial charge on any atom is 0.144 e. The summed E-state index contributed by atoms with van der Waals surface area (Å²) in [5.41, 5.74) is 3.94. The highest BCUT2D eigenvalue weighted by Gasteiger charge is 2.25. The van der Waals surface area contributed by atoms with Gasteiger partial charge in [0.15, 0.2) is 0 Å². The van der Waals surface area contributed by atoms with Crippen LogP contribution in [0.1, 0.15) is 43.9 Å². The normalized spacial score (nSPS) is 17.4. The first-order valence-electron chi connectivity index (χ1n) is 6.05. The van der Waals surface area contributed by atoms with Crippen molar-refractivity contribution < 1.29 is 4.55 Å². The van der Waals surface area contributed by atoms with Crippen LogP contribution in [0.2, 0.25) is 0 Å². The summed E-state index contributed by atoms with van der Waals surface area (Å²) in [5.74, 6) is 0. The van der Waals surface area contributed by atoms with E-state index in [1.165, 1.54) is 30.4 Å². The maximum atomic E-state index is 11.8. The van der Waals surface area contributed by atoms with Crippen molar-refractivity contribution in [1.82, 2.24) is 0 Å². The van der Waals surface area contributed by atoms with Crippen molar-refractivity contribution in [2.75, 3.05) is 0 Å². The van der Waals surface area contributed by atoms with Crippen molar-refractivity contribution in [3.05, 3.63) is 34.9 Å². The van der Waals surface area contributed by atoms with Crippen molar-refractivity contribution in [2.45, 2.75) is 44.8 Å². The zero-order valence-electron chi connectivity index (χ0n) is 10.7. The molecule has 1 aromatic carbocycles. The molecule has 1 aliphatic carbocycles. The van der Waals surface area contributed by atoms with Crippen molar-refractivity contribution in [3.8, 4) is 0 Å². The fourth-order valence-electron chi connectivity index (χ4n) is 1.94. The second-order valence-electron chi connectivity index (χ2n) is 5.48. The third-order valence-electron chi connectivity index (χ3n) is 2.94. The molecule has 1 atom stereocenters. The minimum absolute atomic E-state index is 0.284. The molecule has 0 heterocycles. The standard InChI is InChI=1S/C14H19NOS/c1-14(2,3)17(16)15-10-11-7-8-12-5-4-6-13(12)9-11/h7-10H,4-6H2,1-3H3. The fourth-order valence-corrected chi connectivity index (χ4v) is 2.47. The average Bonchev–Trinajstić information content (AvgIpc) is 2.71. The van der Waals surface area contributed by atoms with E-state index in [2.05, 4.69) is 22.6 Å². The summed E-state index contributed by atoms with van der Waals surface area (Å²) in [7, 11) is 0. The van der Waals surface area contributed by atoms with Gasteiger partial charge in [0.25, 0.3) is 0 Å². The number of benzene rings is 1. The minimum atomic E-state index is -1.17. The van der Waals surface area contributed by atoms with E-state index in [1.54, 1.807) is 6.21 Å². The number of aryl methyl sites for hydroxylation is 2. The molecule has 0 radical (unpaired) electrons. The van der Waals surface area contributed by atoms with Crippen molar-refractivity contribution in [3.63, 3.8) is 0 Å². The Morgan fingerprint density at radius 2 is 1.94 bits per heavy atom. The van der Waals surface area contributed by atoms with Gasteiger partial charge in [-0.25, -0.2) is 0 Å². The summed E-state index contributed by atoms with van der Waals surface area (Å²) >= 11 is -1.17. The molecule has 1 aromatic rings. The van der Waals surface area contributed by atoms with Crippen molar-refractivity contribution in [2.24, 2.45) is 4.40 Å². The Morgan fingerprint density at radius 3 is 2.65 bits per heavy atom. The van der Waals surface area contributed by atoms with Gasteiger partial charge in [0.1, 0.15) is 16.1 Å². The fraction of sp³-hybridized carbons (Fsp3) is 0.500. The quantitative estimate of drug-likeness (QED) is 0.586. The predicted molar refractivity (Wildman–Crippen MR) is 74.0 cm³/mol. The van der Waals surface area contributed by atoms with E-state index < -0.39 is 11.4 Å². The molecule has 0 N–H and O–H groups in total. The predicted octanol–water partition coefficient (Wildman–Crippen LogP) is 3.06. The van der Waals surface area contributed by atoms with Crippen LogP contribution in [0.15, 0.2) is 22.6 Å². The Labute approximate surface area is 106 Å². The molecule has 0 saturated carbocycles. The van der Waals surface area contributed by atoms with E-state index in [0.29, 0.717) is 0 Å². The van der Waals surface area contributed by atoms with Crippen LogP contribution in [0.3, 0.4) is 0 Å². The Bertz CT molecular complexity index is 434. The van der Waals surface area contributed by atoms with Crippen LogP contribution in [0.25, 0.3) is 0 Å². The molecule has 0 fully saturated rings. The Hall–Kier alpha value is -0.800. The van der Waals surface area contributed by atoms with Gasteiger partial charge in [-0.15, -0.1) is 0 Å². The van der Waals surface area contributed by atoms with Crippen LogP contribution in [0.5, 0.6) is 0 Å². The topological polar surface area (TPSA) is 35.4 Å². The van der Waals surface area contributed by atoms with Gasteiger partial charge in [0, 0.05) is 0 Å². The molecule has 0 aliphatic heterocycles. The lowest BCUT2D eigenvalue weighted by molar-refractivity contribution is 0.562. The zero-order valence-corrected chi connectivity index (χ0v) is 11.5. The van der Waals surface area contributed by atoms with Crippen LogP contribution >= 0.6 is 0 Å². The molecule has 0 bridgehead atoms. The van der Waals surface area contributed by atoms with Gasteiger partial charge in [-0.05, 0) is 62.8 Å². The Kier molecular flexibility index (Phi) is 3.59. The van der Waals surface area contributed by atoms with Gasteiger partial charge in [0.05, 0.1) is 6.21 Å². The van der Waals surface area contributed by atoms with Crippen LogP contribution in [0, 0.1) is 0 Å². The maximum absolute atomic E-state index is 11.8.